The molecular weight excluding hydrogens is 238 g/mol. The summed E-state index contributed by atoms with van der Waals surface area (Å²) in [5.74, 6) is 0.740. The van der Waals surface area contributed by atoms with Gasteiger partial charge >= 0.3 is 0 Å². The third kappa shape index (κ3) is 4.02. The van der Waals surface area contributed by atoms with Gasteiger partial charge in [0, 0.05) is 26.2 Å². The first-order valence-electron chi connectivity index (χ1n) is 5.68. The summed E-state index contributed by atoms with van der Waals surface area (Å²) in [6.45, 7) is 6.10. The second kappa shape index (κ2) is 6.61. The van der Waals surface area contributed by atoms with Crippen LogP contribution in [-0.4, -0.2) is 48.1 Å². The van der Waals surface area contributed by atoms with Crippen molar-refractivity contribution in [3.8, 4) is 0 Å². The maximum absolute atomic E-state index is 5.96. The summed E-state index contributed by atoms with van der Waals surface area (Å²) in [4.78, 5) is 10.3. The van der Waals surface area contributed by atoms with Crippen LogP contribution in [-0.2, 0) is 0 Å². The van der Waals surface area contributed by atoms with Crippen molar-refractivity contribution in [2.45, 2.75) is 19.9 Å². The third-order valence-corrected chi connectivity index (χ3v) is 2.98. The number of halogens is 1. The Balaban J connectivity index is 2.55. The molecule has 0 bridgehead atoms. The maximum atomic E-state index is 5.96. The Morgan fingerprint density at radius 3 is 2.71 bits per heavy atom. The van der Waals surface area contributed by atoms with Gasteiger partial charge in [0.05, 0.1) is 0 Å². The molecular formula is C11H20ClN5. The zero-order valence-electron chi connectivity index (χ0n) is 10.8. The molecule has 0 spiro atoms. The van der Waals surface area contributed by atoms with Crippen LogP contribution in [0.2, 0.25) is 5.15 Å². The van der Waals surface area contributed by atoms with E-state index in [1.54, 1.807) is 7.05 Å². The smallest absolute Gasteiger partial charge is 0.157 e. The predicted octanol–water partition coefficient (Wildman–Crippen LogP) is 1.92. The summed E-state index contributed by atoms with van der Waals surface area (Å²) in [5, 5.41) is 6.68. The first-order valence-corrected chi connectivity index (χ1v) is 6.06. The molecule has 1 heterocycles. The van der Waals surface area contributed by atoms with Crippen LogP contribution in [0.25, 0.3) is 0 Å². The van der Waals surface area contributed by atoms with Crippen molar-refractivity contribution >= 4 is 23.1 Å². The van der Waals surface area contributed by atoms with E-state index in [9.17, 15) is 0 Å². The van der Waals surface area contributed by atoms with Gasteiger partial charge in [-0.05, 0) is 20.9 Å². The van der Waals surface area contributed by atoms with Crippen molar-refractivity contribution in [1.82, 2.24) is 14.9 Å². The summed E-state index contributed by atoms with van der Waals surface area (Å²) in [5.41, 5.74) is 0.737. The van der Waals surface area contributed by atoms with E-state index in [-0.39, 0.29) is 0 Å². The van der Waals surface area contributed by atoms with E-state index in [0.717, 1.165) is 24.6 Å². The molecule has 0 saturated heterocycles. The van der Waals surface area contributed by atoms with Gasteiger partial charge in [-0.1, -0.05) is 11.6 Å². The van der Waals surface area contributed by atoms with Crippen molar-refractivity contribution in [2.75, 3.05) is 37.8 Å². The number of hydrogen-bond donors (Lipinski definition) is 2. The SMILES string of the molecule is CNc1c(Cl)ncnc1NCCN(C)C(C)C. The van der Waals surface area contributed by atoms with Gasteiger partial charge < -0.3 is 15.5 Å². The lowest BCUT2D eigenvalue weighted by Crippen LogP contribution is -2.31. The summed E-state index contributed by atoms with van der Waals surface area (Å²) in [6, 6.07) is 0.537. The van der Waals surface area contributed by atoms with Crippen LogP contribution in [0.4, 0.5) is 11.5 Å². The predicted molar refractivity (Wildman–Crippen MR) is 72.8 cm³/mol. The molecule has 0 aliphatic rings. The first kappa shape index (κ1) is 14.0. The minimum Gasteiger partial charge on any atom is -0.383 e. The number of anilines is 2. The molecule has 0 saturated carbocycles. The molecule has 5 nitrogen and oxygen atoms in total. The van der Waals surface area contributed by atoms with E-state index in [2.05, 4.69) is 46.4 Å². The van der Waals surface area contributed by atoms with Crippen molar-refractivity contribution < 1.29 is 0 Å². The Morgan fingerprint density at radius 2 is 2.12 bits per heavy atom. The zero-order valence-corrected chi connectivity index (χ0v) is 11.5. The average Bonchev–Trinajstić information content (AvgIpc) is 2.29. The fraction of sp³-hybridized carbons (Fsp3) is 0.636. The summed E-state index contributed by atoms with van der Waals surface area (Å²) < 4.78 is 0. The largest absolute Gasteiger partial charge is 0.383 e. The van der Waals surface area contributed by atoms with Crippen LogP contribution in [0.15, 0.2) is 6.33 Å². The topological polar surface area (TPSA) is 53.1 Å². The van der Waals surface area contributed by atoms with Crippen molar-refractivity contribution in [2.24, 2.45) is 0 Å². The number of aromatic nitrogens is 2. The molecule has 17 heavy (non-hydrogen) atoms. The van der Waals surface area contributed by atoms with Crippen LogP contribution in [0.5, 0.6) is 0 Å². The first-order chi connectivity index (χ1) is 8.06. The molecule has 0 aromatic carbocycles. The van der Waals surface area contributed by atoms with Gasteiger partial charge in [-0.2, -0.15) is 0 Å². The highest BCUT2D eigenvalue weighted by Gasteiger charge is 2.08. The van der Waals surface area contributed by atoms with Crippen molar-refractivity contribution in [3.63, 3.8) is 0 Å². The summed E-state index contributed by atoms with van der Waals surface area (Å²) in [6.07, 6.45) is 1.46. The van der Waals surface area contributed by atoms with Crippen LogP contribution < -0.4 is 10.6 Å². The normalized spacial score (nSPS) is 11.0. The zero-order chi connectivity index (χ0) is 12.8. The molecule has 96 valence electrons. The summed E-state index contributed by atoms with van der Waals surface area (Å²) >= 11 is 5.96. The highest BCUT2D eigenvalue weighted by Crippen LogP contribution is 2.24. The van der Waals surface area contributed by atoms with E-state index < -0.39 is 0 Å². The van der Waals surface area contributed by atoms with E-state index in [4.69, 9.17) is 11.6 Å². The van der Waals surface area contributed by atoms with Crippen LogP contribution in [0.3, 0.4) is 0 Å². The Labute approximate surface area is 108 Å². The molecule has 0 unspecified atom stereocenters. The molecule has 1 aromatic rings. The Hall–Kier alpha value is -1.07. The molecule has 6 heteroatoms. The quantitative estimate of drug-likeness (QED) is 0.763. The van der Waals surface area contributed by atoms with Crippen LogP contribution in [0, 0.1) is 0 Å². The van der Waals surface area contributed by atoms with Crippen molar-refractivity contribution in [1.29, 1.82) is 0 Å². The minimum absolute atomic E-state index is 0.433. The molecule has 0 aliphatic heterocycles. The molecule has 0 amide bonds. The fourth-order valence-electron chi connectivity index (χ4n) is 1.33. The Bertz CT molecular complexity index is 356. The molecule has 0 fully saturated rings. The highest BCUT2D eigenvalue weighted by atomic mass is 35.5. The lowest BCUT2D eigenvalue weighted by molar-refractivity contribution is 0.284. The van der Waals surface area contributed by atoms with Crippen LogP contribution >= 0.6 is 11.6 Å². The monoisotopic (exact) mass is 257 g/mol. The molecule has 0 radical (unpaired) electrons. The number of likely N-dealkylation sites (N-methyl/N-ethyl adjacent to an activating group) is 1. The molecule has 0 aliphatic carbocycles. The van der Waals surface area contributed by atoms with Gasteiger partial charge in [0.1, 0.15) is 12.0 Å². The average molecular weight is 258 g/mol. The van der Waals surface area contributed by atoms with E-state index in [1.807, 2.05) is 0 Å². The number of nitrogens with one attached hydrogen (secondary N) is 2. The number of rotatable bonds is 6. The maximum Gasteiger partial charge on any atom is 0.157 e. The standard InChI is InChI=1S/C11H20ClN5/c1-8(2)17(4)6-5-14-11-9(13-3)10(12)15-7-16-11/h7-8,13H,5-6H2,1-4H3,(H,14,15,16). The van der Waals surface area contributed by atoms with Gasteiger partial charge in [-0.15, -0.1) is 0 Å². The van der Waals surface area contributed by atoms with Gasteiger partial charge in [0.15, 0.2) is 11.0 Å². The van der Waals surface area contributed by atoms with Gasteiger partial charge in [-0.25, -0.2) is 9.97 Å². The second-order valence-electron chi connectivity index (χ2n) is 4.14. The fourth-order valence-corrected chi connectivity index (χ4v) is 1.56. The Kier molecular flexibility index (Phi) is 5.44. The third-order valence-electron chi connectivity index (χ3n) is 2.69. The number of hydrogen-bond acceptors (Lipinski definition) is 5. The van der Waals surface area contributed by atoms with Gasteiger partial charge in [0.25, 0.3) is 0 Å². The van der Waals surface area contributed by atoms with E-state index in [0.29, 0.717) is 11.2 Å². The highest BCUT2D eigenvalue weighted by molar-refractivity contribution is 6.32. The molecule has 1 rings (SSSR count). The lowest BCUT2D eigenvalue weighted by Gasteiger charge is -2.21. The van der Waals surface area contributed by atoms with E-state index in [1.165, 1.54) is 6.33 Å². The van der Waals surface area contributed by atoms with Gasteiger partial charge in [0.2, 0.25) is 0 Å². The molecule has 2 N–H and O–H groups in total. The summed E-state index contributed by atoms with van der Waals surface area (Å²) in [7, 11) is 3.90. The number of nitrogens with zero attached hydrogens (tertiary/aromatic N) is 3. The minimum atomic E-state index is 0.433. The second-order valence-corrected chi connectivity index (χ2v) is 4.50. The lowest BCUT2D eigenvalue weighted by atomic mass is 10.3. The van der Waals surface area contributed by atoms with Crippen molar-refractivity contribution in [3.05, 3.63) is 11.5 Å². The van der Waals surface area contributed by atoms with Crippen LogP contribution in [0.1, 0.15) is 13.8 Å². The van der Waals surface area contributed by atoms with E-state index >= 15 is 0 Å². The Morgan fingerprint density at radius 1 is 1.41 bits per heavy atom. The molecule has 1 aromatic heterocycles. The molecule has 0 atom stereocenters. The van der Waals surface area contributed by atoms with Gasteiger partial charge in [-0.3, -0.25) is 0 Å².